The number of amides is 1. The van der Waals surface area contributed by atoms with Gasteiger partial charge in [-0.25, -0.2) is 0 Å². The summed E-state index contributed by atoms with van der Waals surface area (Å²) in [5, 5.41) is 4.33. The molecule has 0 fully saturated rings. The standard InChI is InChI=1S/C17H12Cl2N2O2/c1-9-13(19)3-2-4-14(9)21-17(23)16(22)12-8-20-15-7-10(18)5-6-11(12)15/h2-8,20H,1H3,(H,21,23). The summed E-state index contributed by atoms with van der Waals surface area (Å²) in [6.07, 6.45) is 1.51. The maximum absolute atomic E-state index is 12.4. The molecule has 1 aromatic heterocycles. The van der Waals surface area contributed by atoms with Gasteiger partial charge in [-0.05, 0) is 36.8 Å². The molecule has 0 aliphatic carbocycles. The fourth-order valence-corrected chi connectivity index (χ4v) is 2.68. The van der Waals surface area contributed by atoms with Gasteiger partial charge in [0, 0.05) is 32.8 Å². The minimum atomic E-state index is -0.716. The highest BCUT2D eigenvalue weighted by Gasteiger charge is 2.20. The van der Waals surface area contributed by atoms with E-state index in [0.29, 0.717) is 37.8 Å². The summed E-state index contributed by atoms with van der Waals surface area (Å²) >= 11 is 11.9. The Morgan fingerprint density at radius 3 is 2.70 bits per heavy atom. The number of fused-ring (bicyclic) bond motifs is 1. The van der Waals surface area contributed by atoms with E-state index in [2.05, 4.69) is 10.3 Å². The van der Waals surface area contributed by atoms with E-state index in [4.69, 9.17) is 23.2 Å². The first-order chi connectivity index (χ1) is 11.0. The van der Waals surface area contributed by atoms with Crippen LogP contribution in [0.15, 0.2) is 42.6 Å². The zero-order valence-electron chi connectivity index (χ0n) is 12.1. The zero-order valence-corrected chi connectivity index (χ0v) is 13.6. The van der Waals surface area contributed by atoms with Gasteiger partial charge in [0.15, 0.2) is 0 Å². The van der Waals surface area contributed by atoms with E-state index in [1.54, 1.807) is 43.3 Å². The van der Waals surface area contributed by atoms with Crippen molar-refractivity contribution in [3.63, 3.8) is 0 Å². The number of nitrogens with one attached hydrogen (secondary N) is 2. The highest BCUT2D eigenvalue weighted by molar-refractivity contribution is 6.48. The van der Waals surface area contributed by atoms with Gasteiger partial charge < -0.3 is 10.3 Å². The van der Waals surface area contributed by atoms with Crippen molar-refractivity contribution < 1.29 is 9.59 Å². The van der Waals surface area contributed by atoms with Crippen molar-refractivity contribution >= 4 is 51.5 Å². The molecule has 2 aromatic carbocycles. The third-order valence-corrected chi connectivity index (χ3v) is 4.26. The molecule has 1 amide bonds. The summed E-state index contributed by atoms with van der Waals surface area (Å²) < 4.78 is 0. The molecule has 0 spiro atoms. The lowest BCUT2D eigenvalue weighted by Gasteiger charge is -2.08. The molecule has 4 nitrogen and oxygen atoms in total. The molecular formula is C17H12Cl2N2O2. The van der Waals surface area contributed by atoms with E-state index in [9.17, 15) is 9.59 Å². The minimum absolute atomic E-state index is 0.300. The number of carbonyl (C=O) groups excluding carboxylic acids is 2. The van der Waals surface area contributed by atoms with Crippen LogP contribution in [0.2, 0.25) is 10.0 Å². The number of aromatic amines is 1. The van der Waals surface area contributed by atoms with Crippen LogP contribution in [0.1, 0.15) is 15.9 Å². The molecule has 1 heterocycles. The number of ketones is 1. The van der Waals surface area contributed by atoms with E-state index < -0.39 is 11.7 Å². The predicted molar refractivity (Wildman–Crippen MR) is 92.5 cm³/mol. The Kier molecular flexibility index (Phi) is 4.11. The van der Waals surface area contributed by atoms with Crippen LogP contribution < -0.4 is 5.32 Å². The Morgan fingerprint density at radius 1 is 1.13 bits per heavy atom. The molecule has 0 aliphatic heterocycles. The maximum atomic E-state index is 12.4. The second kappa shape index (κ2) is 6.07. The van der Waals surface area contributed by atoms with E-state index in [1.165, 1.54) is 6.20 Å². The number of carbonyl (C=O) groups is 2. The summed E-state index contributed by atoms with van der Waals surface area (Å²) in [4.78, 5) is 27.6. The highest BCUT2D eigenvalue weighted by atomic mass is 35.5. The third kappa shape index (κ3) is 2.96. The van der Waals surface area contributed by atoms with Crippen molar-refractivity contribution in [3.8, 4) is 0 Å². The fraction of sp³-hybridized carbons (Fsp3) is 0.0588. The van der Waals surface area contributed by atoms with Gasteiger partial charge in [0.1, 0.15) is 0 Å². The summed E-state index contributed by atoms with van der Waals surface area (Å²) in [5.41, 5.74) is 2.22. The van der Waals surface area contributed by atoms with Gasteiger partial charge in [0.2, 0.25) is 0 Å². The molecule has 0 aliphatic rings. The first kappa shape index (κ1) is 15.6. The van der Waals surface area contributed by atoms with Crippen molar-refractivity contribution in [3.05, 3.63) is 63.8 Å². The van der Waals surface area contributed by atoms with Crippen LogP contribution in [-0.2, 0) is 4.79 Å². The number of aromatic nitrogens is 1. The quantitative estimate of drug-likeness (QED) is 0.537. The third-order valence-electron chi connectivity index (χ3n) is 3.61. The molecule has 0 bridgehead atoms. The largest absolute Gasteiger partial charge is 0.360 e. The van der Waals surface area contributed by atoms with Crippen LogP contribution >= 0.6 is 23.2 Å². The molecule has 3 aromatic rings. The zero-order chi connectivity index (χ0) is 16.6. The second-order valence-electron chi connectivity index (χ2n) is 5.09. The average Bonchev–Trinajstić information content (AvgIpc) is 2.93. The van der Waals surface area contributed by atoms with E-state index >= 15 is 0 Å². The molecule has 0 saturated carbocycles. The average molecular weight is 347 g/mol. The number of H-pyrrole nitrogens is 1. The molecule has 2 N–H and O–H groups in total. The first-order valence-corrected chi connectivity index (χ1v) is 7.60. The molecule has 116 valence electrons. The summed E-state index contributed by atoms with van der Waals surface area (Å²) in [5.74, 6) is -1.34. The van der Waals surface area contributed by atoms with Crippen LogP contribution in [0.4, 0.5) is 5.69 Å². The van der Waals surface area contributed by atoms with Crippen molar-refractivity contribution in [2.45, 2.75) is 6.92 Å². The van der Waals surface area contributed by atoms with Crippen LogP contribution in [0.5, 0.6) is 0 Å². The summed E-state index contributed by atoms with van der Waals surface area (Å²) in [6, 6.07) is 10.2. The Hall–Kier alpha value is -2.30. The van der Waals surface area contributed by atoms with E-state index in [1.807, 2.05) is 0 Å². The Morgan fingerprint density at radius 2 is 1.91 bits per heavy atom. The second-order valence-corrected chi connectivity index (χ2v) is 5.93. The van der Waals surface area contributed by atoms with E-state index in [0.717, 1.165) is 0 Å². The van der Waals surface area contributed by atoms with Crippen molar-refractivity contribution in [2.24, 2.45) is 0 Å². The van der Waals surface area contributed by atoms with Crippen molar-refractivity contribution in [2.75, 3.05) is 5.32 Å². The number of anilines is 1. The normalized spacial score (nSPS) is 10.7. The number of hydrogen-bond acceptors (Lipinski definition) is 2. The lowest BCUT2D eigenvalue weighted by Crippen LogP contribution is -2.23. The highest BCUT2D eigenvalue weighted by Crippen LogP contribution is 2.25. The molecule has 0 atom stereocenters. The van der Waals surface area contributed by atoms with Gasteiger partial charge in [0.25, 0.3) is 11.7 Å². The predicted octanol–water partition coefficient (Wildman–Crippen LogP) is 4.60. The van der Waals surface area contributed by atoms with Gasteiger partial charge in [0.05, 0.1) is 5.56 Å². The van der Waals surface area contributed by atoms with Gasteiger partial charge >= 0.3 is 0 Å². The smallest absolute Gasteiger partial charge is 0.296 e. The molecule has 0 saturated heterocycles. The lowest BCUT2D eigenvalue weighted by molar-refractivity contribution is -0.112. The maximum Gasteiger partial charge on any atom is 0.296 e. The molecule has 0 radical (unpaired) electrons. The first-order valence-electron chi connectivity index (χ1n) is 6.85. The van der Waals surface area contributed by atoms with Crippen LogP contribution in [0.25, 0.3) is 10.9 Å². The van der Waals surface area contributed by atoms with Gasteiger partial charge in [-0.2, -0.15) is 0 Å². The molecule has 23 heavy (non-hydrogen) atoms. The number of hydrogen-bond donors (Lipinski definition) is 2. The van der Waals surface area contributed by atoms with Crippen LogP contribution in [0.3, 0.4) is 0 Å². The van der Waals surface area contributed by atoms with Crippen LogP contribution in [0, 0.1) is 6.92 Å². The van der Waals surface area contributed by atoms with Gasteiger partial charge in [-0.1, -0.05) is 35.3 Å². The lowest BCUT2D eigenvalue weighted by atomic mass is 10.1. The number of Topliss-reactive ketones (excluding diaryl/α,β-unsaturated/α-hetero) is 1. The molecule has 0 unspecified atom stereocenters. The molecular weight excluding hydrogens is 335 g/mol. The van der Waals surface area contributed by atoms with Crippen molar-refractivity contribution in [1.82, 2.24) is 4.98 Å². The van der Waals surface area contributed by atoms with Crippen LogP contribution in [-0.4, -0.2) is 16.7 Å². The molecule has 3 rings (SSSR count). The van der Waals surface area contributed by atoms with Gasteiger partial charge in [-0.15, -0.1) is 0 Å². The minimum Gasteiger partial charge on any atom is -0.360 e. The monoisotopic (exact) mass is 346 g/mol. The number of benzene rings is 2. The molecule has 6 heteroatoms. The Bertz CT molecular complexity index is 931. The number of halogens is 2. The topological polar surface area (TPSA) is 62.0 Å². The number of rotatable bonds is 3. The van der Waals surface area contributed by atoms with Gasteiger partial charge in [-0.3, -0.25) is 9.59 Å². The fourth-order valence-electron chi connectivity index (χ4n) is 2.33. The Labute approximate surface area is 142 Å². The SMILES string of the molecule is Cc1c(Cl)cccc1NC(=O)C(=O)c1c[nH]c2cc(Cl)ccc12. The van der Waals surface area contributed by atoms with E-state index in [-0.39, 0.29) is 0 Å². The Balaban J connectivity index is 1.90. The summed E-state index contributed by atoms with van der Waals surface area (Å²) in [6.45, 7) is 1.77. The van der Waals surface area contributed by atoms with Crippen molar-refractivity contribution in [1.29, 1.82) is 0 Å². The summed E-state index contributed by atoms with van der Waals surface area (Å²) in [7, 11) is 0.